The van der Waals surface area contributed by atoms with Gasteiger partial charge in [-0.05, 0) is 0 Å². The second-order valence-corrected chi connectivity index (χ2v) is 4.57. The first-order valence-electron chi connectivity index (χ1n) is 5.29. The molecule has 0 atom stereocenters. The third-order valence-electron chi connectivity index (χ3n) is 1.17. The van der Waals surface area contributed by atoms with Gasteiger partial charge in [-0.3, -0.25) is 12.2 Å². The van der Waals surface area contributed by atoms with Crippen LogP contribution in [0.1, 0.15) is 35.0 Å². The Morgan fingerprint density at radius 1 is 1.00 bits per heavy atom. The molecule has 2 aliphatic carbocycles. The van der Waals surface area contributed by atoms with Gasteiger partial charge in [-0.2, -0.15) is 17.6 Å². The van der Waals surface area contributed by atoms with Crippen LogP contribution in [0.3, 0.4) is 0 Å². The summed E-state index contributed by atoms with van der Waals surface area (Å²) in [4.78, 5) is 0. The number of hydrogen-bond donors (Lipinski definition) is 0. The molecule has 0 aromatic heterocycles. The zero-order chi connectivity index (χ0) is 11.6. The van der Waals surface area contributed by atoms with Gasteiger partial charge in [0.1, 0.15) is 0 Å². The number of allylic oxidation sites excluding steroid dienone is 8. The maximum absolute atomic E-state index is 3.77. The molecule has 0 N–H and O–H groups in total. The standard InChI is InChI=1S/2C5H5.C5H11.Zr.H/c2*1-2-4-5-3-1;1-5(2,3)4;;/h2*1-3H,4H2;1H2,2-4H3;;/q3*-1;+4;-1. The van der Waals surface area contributed by atoms with Gasteiger partial charge in [-0.25, -0.2) is 24.3 Å². The van der Waals surface area contributed by atoms with Crippen molar-refractivity contribution < 1.29 is 27.6 Å². The van der Waals surface area contributed by atoms with Gasteiger partial charge in [0.25, 0.3) is 0 Å². The van der Waals surface area contributed by atoms with E-state index in [0.29, 0.717) is 0 Å². The minimum atomic E-state index is 0. The molecule has 16 heavy (non-hydrogen) atoms. The summed E-state index contributed by atoms with van der Waals surface area (Å²) in [5, 5.41) is 0. The van der Waals surface area contributed by atoms with Crippen LogP contribution in [0.25, 0.3) is 0 Å². The third kappa shape index (κ3) is 23.6. The molecule has 2 aliphatic rings. The van der Waals surface area contributed by atoms with Crippen LogP contribution in [0.4, 0.5) is 0 Å². The smallest absolute Gasteiger partial charge is 1.00 e. The summed E-state index contributed by atoms with van der Waals surface area (Å²) in [5.74, 6) is 0. The number of rotatable bonds is 0. The largest absolute Gasteiger partial charge is 4.00 e. The predicted molar refractivity (Wildman–Crippen MR) is 69.1 cm³/mol. The van der Waals surface area contributed by atoms with E-state index in [4.69, 9.17) is 0 Å². The van der Waals surface area contributed by atoms with Crippen molar-refractivity contribution in [3.63, 3.8) is 0 Å². The second kappa shape index (κ2) is 11.3. The molecule has 0 aromatic carbocycles. The Balaban J connectivity index is -0.000000163. The summed E-state index contributed by atoms with van der Waals surface area (Å²) in [6.45, 7) is 10.0. The molecule has 0 nitrogen and oxygen atoms in total. The molecule has 0 unspecified atom stereocenters. The molecule has 0 spiro atoms. The normalized spacial score (nSPS) is 14.8. The Morgan fingerprint density at radius 3 is 1.38 bits per heavy atom. The van der Waals surface area contributed by atoms with Gasteiger partial charge in [0, 0.05) is 0 Å². The fourth-order valence-electron chi connectivity index (χ4n) is 0.680. The first-order chi connectivity index (χ1) is 7.00. The fourth-order valence-corrected chi connectivity index (χ4v) is 0.680. The average molecular weight is 294 g/mol. The predicted octanol–water partition coefficient (Wildman–Crippen LogP) is 4.59. The summed E-state index contributed by atoms with van der Waals surface area (Å²) >= 11 is 0. The van der Waals surface area contributed by atoms with Crippen LogP contribution in [0, 0.1) is 24.5 Å². The summed E-state index contributed by atoms with van der Waals surface area (Å²) < 4.78 is 0. The van der Waals surface area contributed by atoms with Gasteiger partial charge in [-0.1, -0.05) is 20.8 Å². The van der Waals surface area contributed by atoms with Crippen molar-refractivity contribution in [2.45, 2.75) is 33.6 Å². The van der Waals surface area contributed by atoms with E-state index < -0.39 is 0 Å². The molecule has 0 aromatic rings. The van der Waals surface area contributed by atoms with Crippen LogP contribution < -0.4 is 0 Å². The van der Waals surface area contributed by atoms with E-state index in [0.717, 1.165) is 12.8 Å². The Kier molecular flexibility index (Phi) is 12.9. The van der Waals surface area contributed by atoms with Crippen LogP contribution in [-0.4, -0.2) is 0 Å². The van der Waals surface area contributed by atoms with Crippen LogP contribution >= 0.6 is 0 Å². The zero-order valence-electron chi connectivity index (χ0n) is 11.6. The maximum Gasteiger partial charge on any atom is 4.00 e. The molecule has 86 valence electrons. The van der Waals surface area contributed by atoms with Crippen LogP contribution in [0.15, 0.2) is 36.5 Å². The third-order valence-corrected chi connectivity index (χ3v) is 1.17. The first-order valence-corrected chi connectivity index (χ1v) is 5.29. The monoisotopic (exact) mass is 292 g/mol. The fraction of sp³-hybridized carbons (Fsp3) is 0.400. The molecule has 0 saturated heterocycles. The van der Waals surface area contributed by atoms with Gasteiger partial charge in [0.15, 0.2) is 0 Å². The van der Waals surface area contributed by atoms with Gasteiger partial charge < -0.3 is 8.35 Å². The van der Waals surface area contributed by atoms with Crippen LogP contribution in [-0.2, 0) is 26.2 Å². The maximum atomic E-state index is 3.77. The Hall–Kier alpha value is -0.157. The molecule has 0 amide bonds. The quantitative estimate of drug-likeness (QED) is 0.573. The van der Waals surface area contributed by atoms with Crippen molar-refractivity contribution in [3.8, 4) is 0 Å². The molecule has 2 rings (SSSR count). The van der Waals surface area contributed by atoms with E-state index in [1.165, 1.54) is 0 Å². The molecular weight excluding hydrogens is 271 g/mol. The van der Waals surface area contributed by atoms with Gasteiger partial charge >= 0.3 is 26.2 Å². The second-order valence-electron chi connectivity index (χ2n) is 4.57. The Bertz CT molecular complexity index is 207. The molecule has 0 fully saturated rings. The first kappa shape index (κ1) is 18.2. The SMILES string of the molecule is [C-]1=CC=CC1.[C-]1=CC=CC1.[CH2-]C(C)(C)C.[H-].[Zr+4]. The minimum absolute atomic E-state index is 0. The molecule has 0 radical (unpaired) electrons. The van der Waals surface area contributed by atoms with Crippen molar-refractivity contribution in [2.75, 3.05) is 0 Å². The van der Waals surface area contributed by atoms with Crippen LogP contribution in [0.5, 0.6) is 0 Å². The van der Waals surface area contributed by atoms with Crippen molar-refractivity contribution in [2.24, 2.45) is 5.41 Å². The summed E-state index contributed by atoms with van der Waals surface area (Å²) in [5.41, 5.74) is 0.250. The minimum Gasteiger partial charge on any atom is -1.00 e. The van der Waals surface area contributed by atoms with E-state index in [9.17, 15) is 0 Å². The molecular formula is C15H22Zr. The summed E-state index contributed by atoms with van der Waals surface area (Å²) in [6, 6.07) is 0. The van der Waals surface area contributed by atoms with Crippen molar-refractivity contribution in [3.05, 3.63) is 55.5 Å². The average Bonchev–Trinajstić information content (AvgIpc) is 2.81. The summed E-state index contributed by atoms with van der Waals surface area (Å²) in [7, 11) is 0. The van der Waals surface area contributed by atoms with Crippen molar-refractivity contribution in [1.82, 2.24) is 0 Å². The molecule has 0 bridgehead atoms. The molecule has 0 saturated carbocycles. The van der Waals surface area contributed by atoms with Gasteiger partial charge in [0.05, 0.1) is 0 Å². The molecule has 0 aliphatic heterocycles. The van der Waals surface area contributed by atoms with E-state index in [1.54, 1.807) is 0 Å². The summed E-state index contributed by atoms with van der Waals surface area (Å²) in [6.07, 6.45) is 20.0. The molecule has 1 heteroatoms. The Labute approximate surface area is 122 Å². The van der Waals surface area contributed by atoms with E-state index in [1.807, 2.05) is 24.3 Å². The van der Waals surface area contributed by atoms with E-state index >= 15 is 0 Å². The van der Waals surface area contributed by atoms with E-state index in [2.05, 4.69) is 52.0 Å². The van der Waals surface area contributed by atoms with Gasteiger partial charge in [0.2, 0.25) is 0 Å². The molecule has 0 heterocycles. The van der Waals surface area contributed by atoms with Gasteiger partial charge in [-0.15, -0.1) is 12.8 Å². The zero-order valence-corrected chi connectivity index (χ0v) is 13.0. The van der Waals surface area contributed by atoms with Crippen molar-refractivity contribution in [1.29, 1.82) is 0 Å². The van der Waals surface area contributed by atoms with Crippen molar-refractivity contribution >= 4 is 0 Å². The van der Waals surface area contributed by atoms with E-state index in [-0.39, 0.29) is 33.0 Å². The Morgan fingerprint density at radius 2 is 1.31 bits per heavy atom. The number of hydrogen-bond acceptors (Lipinski definition) is 0. The van der Waals surface area contributed by atoms with Crippen LogP contribution in [0.2, 0.25) is 0 Å². The topological polar surface area (TPSA) is 0 Å².